The molecule has 0 saturated heterocycles. The van der Waals surface area contributed by atoms with Gasteiger partial charge in [0, 0.05) is 23.3 Å². The smallest absolute Gasteiger partial charge is 0.186 e. The molecule has 4 aliphatic carbocycles. The lowest BCUT2D eigenvalue weighted by atomic mass is 9.52. The Labute approximate surface area is 117 Å². The van der Waals surface area contributed by atoms with E-state index in [0.717, 1.165) is 24.8 Å². The number of methoxy groups -OCH3 is 1. The number of hydrogen-bond donors (Lipinski definition) is 0. The number of benzene rings is 1. The van der Waals surface area contributed by atoms with Gasteiger partial charge < -0.3 is 4.74 Å². The second-order valence-electron chi connectivity index (χ2n) is 6.11. The average Bonchev–Trinajstić information content (AvgIpc) is 2.47. The van der Waals surface area contributed by atoms with Gasteiger partial charge in [-0.05, 0) is 43.0 Å². The number of carbonyl (C=O) groups excluding carboxylic acids is 2. The zero-order chi connectivity index (χ0) is 13.9. The Balaban J connectivity index is 1.94. The quantitative estimate of drug-likeness (QED) is 0.786. The van der Waals surface area contributed by atoms with E-state index in [1.54, 1.807) is 13.2 Å². The van der Waals surface area contributed by atoms with Crippen molar-refractivity contribution in [2.75, 3.05) is 7.11 Å². The highest BCUT2D eigenvalue weighted by molar-refractivity contribution is 6.09. The first-order valence-corrected chi connectivity index (χ1v) is 7.11. The number of ketones is 2. The lowest BCUT2D eigenvalue weighted by Crippen LogP contribution is -2.47. The minimum absolute atomic E-state index is 0.0551. The Hall–Kier alpha value is -1.90. The SMILES string of the molecule is COc1ccc2c(c1)C(=O)C=C1CC3CCC12CC3=O. The molecule has 0 radical (unpaired) electrons. The van der Waals surface area contributed by atoms with Crippen molar-refractivity contribution in [3.8, 4) is 5.75 Å². The molecule has 3 saturated carbocycles. The number of fused-ring (bicyclic) bond motifs is 3. The number of Topliss-reactive ketones (excluding diaryl/α,β-unsaturated/α-hetero) is 1. The molecule has 0 amide bonds. The Bertz CT molecular complexity index is 671. The first kappa shape index (κ1) is 11.9. The fourth-order valence-corrected chi connectivity index (χ4v) is 4.17. The van der Waals surface area contributed by atoms with Crippen LogP contribution in [0.3, 0.4) is 0 Å². The van der Waals surface area contributed by atoms with Crippen LogP contribution in [-0.2, 0) is 10.2 Å². The fraction of sp³-hybridized carbons (Fsp3) is 0.412. The predicted molar refractivity (Wildman–Crippen MR) is 74.1 cm³/mol. The van der Waals surface area contributed by atoms with Gasteiger partial charge in [-0.2, -0.15) is 0 Å². The summed E-state index contributed by atoms with van der Waals surface area (Å²) in [6.07, 6.45) is 5.06. The molecule has 2 atom stereocenters. The van der Waals surface area contributed by atoms with E-state index >= 15 is 0 Å². The molecule has 4 aliphatic rings. The topological polar surface area (TPSA) is 43.4 Å². The molecule has 1 spiro atoms. The summed E-state index contributed by atoms with van der Waals surface area (Å²) in [5, 5.41) is 0. The van der Waals surface area contributed by atoms with Crippen LogP contribution in [0.25, 0.3) is 0 Å². The van der Waals surface area contributed by atoms with Crippen molar-refractivity contribution in [3.63, 3.8) is 0 Å². The third kappa shape index (κ3) is 1.35. The minimum Gasteiger partial charge on any atom is -0.497 e. The summed E-state index contributed by atoms with van der Waals surface area (Å²) in [6, 6.07) is 5.69. The maximum Gasteiger partial charge on any atom is 0.186 e. The van der Waals surface area contributed by atoms with Crippen molar-refractivity contribution in [1.29, 1.82) is 0 Å². The number of hydrogen-bond acceptors (Lipinski definition) is 3. The lowest BCUT2D eigenvalue weighted by Gasteiger charge is -2.50. The number of ether oxygens (including phenoxy) is 1. The molecular formula is C17H16O3. The van der Waals surface area contributed by atoms with Gasteiger partial charge in [-0.25, -0.2) is 0 Å². The van der Waals surface area contributed by atoms with E-state index in [1.165, 1.54) is 5.57 Å². The van der Waals surface area contributed by atoms with Gasteiger partial charge in [-0.3, -0.25) is 9.59 Å². The van der Waals surface area contributed by atoms with Crippen molar-refractivity contribution < 1.29 is 14.3 Å². The second-order valence-corrected chi connectivity index (χ2v) is 6.11. The molecular weight excluding hydrogens is 252 g/mol. The van der Waals surface area contributed by atoms with Crippen LogP contribution < -0.4 is 4.74 Å². The molecule has 0 aliphatic heterocycles. The van der Waals surface area contributed by atoms with Gasteiger partial charge in [0.2, 0.25) is 0 Å². The van der Waals surface area contributed by atoms with Gasteiger partial charge in [0.25, 0.3) is 0 Å². The van der Waals surface area contributed by atoms with E-state index in [0.29, 0.717) is 23.5 Å². The van der Waals surface area contributed by atoms with Gasteiger partial charge >= 0.3 is 0 Å². The summed E-state index contributed by atoms with van der Waals surface area (Å²) in [5.41, 5.74) is 2.71. The molecule has 3 fully saturated rings. The van der Waals surface area contributed by atoms with Crippen molar-refractivity contribution in [2.45, 2.75) is 31.1 Å². The maximum atomic E-state index is 12.3. The minimum atomic E-state index is -0.207. The molecule has 0 N–H and O–H groups in total. The molecule has 2 unspecified atom stereocenters. The normalized spacial score (nSPS) is 30.6. The Kier molecular flexibility index (Phi) is 2.27. The molecule has 1 aromatic carbocycles. The van der Waals surface area contributed by atoms with Crippen LogP contribution in [0.15, 0.2) is 29.8 Å². The van der Waals surface area contributed by atoms with E-state index < -0.39 is 0 Å². The summed E-state index contributed by atoms with van der Waals surface area (Å²) in [7, 11) is 1.60. The van der Waals surface area contributed by atoms with E-state index in [2.05, 4.69) is 0 Å². The van der Waals surface area contributed by atoms with E-state index in [1.807, 2.05) is 18.2 Å². The standard InChI is InChI=1S/C17H16O3/c1-20-12-2-3-14-13(8-12)15(18)7-11-6-10-4-5-17(11,14)9-16(10)19/h2-3,7-8,10H,4-6,9H2,1H3. The summed E-state index contributed by atoms with van der Waals surface area (Å²) in [6.45, 7) is 0. The van der Waals surface area contributed by atoms with E-state index in [9.17, 15) is 9.59 Å². The molecule has 0 heterocycles. The number of carbonyl (C=O) groups is 2. The Morgan fingerprint density at radius 1 is 1.30 bits per heavy atom. The molecule has 0 aromatic heterocycles. The zero-order valence-electron chi connectivity index (χ0n) is 11.4. The summed E-state index contributed by atoms with van der Waals surface area (Å²) in [4.78, 5) is 24.5. The van der Waals surface area contributed by atoms with Gasteiger partial charge in [0.05, 0.1) is 7.11 Å². The zero-order valence-corrected chi connectivity index (χ0v) is 11.4. The van der Waals surface area contributed by atoms with Crippen LogP contribution in [-0.4, -0.2) is 18.7 Å². The molecule has 3 heteroatoms. The van der Waals surface area contributed by atoms with Crippen LogP contribution in [0.2, 0.25) is 0 Å². The highest BCUT2D eigenvalue weighted by Crippen LogP contribution is 2.56. The third-order valence-electron chi connectivity index (χ3n) is 5.25. The lowest BCUT2D eigenvalue weighted by molar-refractivity contribution is -0.128. The van der Waals surface area contributed by atoms with Crippen LogP contribution in [0, 0.1) is 5.92 Å². The van der Waals surface area contributed by atoms with E-state index in [4.69, 9.17) is 4.74 Å². The molecule has 3 nitrogen and oxygen atoms in total. The molecule has 5 rings (SSSR count). The van der Waals surface area contributed by atoms with Gasteiger partial charge in [0.1, 0.15) is 11.5 Å². The highest BCUT2D eigenvalue weighted by Gasteiger charge is 2.52. The highest BCUT2D eigenvalue weighted by atomic mass is 16.5. The summed E-state index contributed by atoms with van der Waals surface area (Å²) < 4.78 is 5.22. The Morgan fingerprint density at radius 2 is 2.15 bits per heavy atom. The van der Waals surface area contributed by atoms with Crippen molar-refractivity contribution in [3.05, 3.63) is 41.0 Å². The fourth-order valence-electron chi connectivity index (χ4n) is 4.17. The first-order chi connectivity index (χ1) is 9.64. The maximum absolute atomic E-state index is 12.3. The summed E-state index contributed by atoms with van der Waals surface area (Å²) in [5.74, 6) is 1.26. The predicted octanol–water partition coefficient (Wildman–Crippen LogP) is 2.83. The van der Waals surface area contributed by atoms with Gasteiger partial charge in [-0.15, -0.1) is 0 Å². The second kappa shape index (κ2) is 3.81. The van der Waals surface area contributed by atoms with Crippen molar-refractivity contribution in [2.24, 2.45) is 5.92 Å². The van der Waals surface area contributed by atoms with Gasteiger partial charge in [0.15, 0.2) is 5.78 Å². The van der Waals surface area contributed by atoms with Crippen LogP contribution in [0.4, 0.5) is 0 Å². The third-order valence-corrected chi connectivity index (χ3v) is 5.25. The molecule has 2 bridgehead atoms. The molecule has 102 valence electrons. The molecule has 20 heavy (non-hydrogen) atoms. The van der Waals surface area contributed by atoms with Crippen molar-refractivity contribution >= 4 is 11.6 Å². The number of allylic oxidation sites excluding steroid dienone is 2. The largest absolute Gasteiger partial charge is 0.497 e. The monoisotopic (exact) mass is 268 g/mol. The van der Waals surface area contributed by atoms with Crippen molar-refractivity contribution in [1.82, 2.24) is 0 Å². The van der Waals surface area contributed by atoms with Crippen LogP contribution in [0.5, 0.6) is 5.75 Å². The van der Waals surface area contributed by atoms with Crippen LogP contribution in [0.1, 0.15) is 41.6 Å². The van der Waals surface area contributed by atoms with E-state index in [-0.39, 0.29) is 17.1 Å². The molecule has 1 aromatic rings. The van der Waals surface area contributed by atoms with Gasteiger partial charge in [-0.1, -0.05) is 11.6 Å². The average molecular weight is 268 g/mol. The van der Waals surface area contributed by atoms with Crippen LogP contribution >= 0.6 is 0 Å². The Morgan fingerprint density at radius 3 is 2.90 bits per heavy atom. The summed E-state index contributed by atoms with van der Waals surface area (Å²) >= 11 is 0. The number of rotatable bonds is 1. The first-order valence-electron chi connectivity index (χ1n) is 7.11.